The van der Waals surface area contributed by atoms with Gasteiger partial charge in [-0.25, -0.2) is 4.98 Å². The van der Waals surface area contributed by atoms with Crippen LogP contribution < -0.4 is 4.74 Å². The van der Waals surface area contributed by atoms with E-state index in [0.717, 1.165) is 26.6 Å². The molecule has 0 aliphatic heterocycles. The van der Waals surface area contributed by atoms with E-state index in [9.17, 15) is 4.79 Å². The number of aryl methyl sites for hydroxylation is 1. The number of rotatable bonds is 4. The molecule has 98 valence electrons. The molecule has 0 saturated carbocycles. The summed E-state index contributed by atoms with van der Waals surface area (Å²) in [6.07, 6.45) is 2.47. The third-order valence-electron chi connectivity index (χ3n) is 2.95. The van der Waals surface area contributed by atoms with Gasteiger partial charge in [-0.2, -0.15) is 0 Å². The number of hydrogen-bond donors (Lipinski definition) is 1. The Labute approximate surface area is 113 Å². The number of carboxylic acids is 1. The van der Waals surface area contributed by atoms with Crippen LogP contribution in [0, 0.1) is 0 Å². The largest absolute Gasteiger partial charge is 0.497 e. The molecule has 0 unspecified atom stereocenters. The van der Waals surface area contributed by atoms with Gasteiger partial charge in [0.25, 0.3) is 0 Å². The highest BCUT2D eigenvalue weighted by Gasteiger charge is 2.10. The van der Waals surface area contributed by atoms with Gasteiger partial charge in [-0.15, -0.1) is 0 Å². The van der Waals surface area contributed by atoms with E-state index in [4.69, 9.17) is 9.84 Å². The number of aliphatic carboxylic acids is 1. The summed E-state index contributed by atoms with van der Waals surface area (Å²) in [5.41, 5.74) is 1.88. The predicted octanol–water partition coefficient (Wildman–Crippen LogP) is 2.57. The van der Waals surface area contributed by atoms with Crippen LogP contribution in [0.4, 0.5) is 0 Å². The number of hydrogen-bond acceptors (Lipinski definition) is 4. The fourth-order valence-corrected chi connectivity index (χ4v) is 3.07. The Morgan fingerprint density at radius 3 is 3.11 bits per heavy atom. The minimum Gasteiger partial charge on any atom is -0.497 e. The second-order valence-electron chi connectivity index (χ2n) is 4.21. The van der Waals surface area contributed by atoms with Crippen molar-refractivity contribution in [3.8, 4) is 5.75 Å². The number of carboxylic acid groups (broad SMARTS) is 1. The zero-order valence-corrected chi connectivity index (χ0v) is 11.1. The van der Waals surface area contributed by atoms with Crippen molar-refractivity contribution in [2.45, 2.75) is 12.8 Å². The molecule has 2 aromatic heterocycles. The van der Waals surface area contributed by atoms with Crippen molar-refractivity contribution in [3.05, 3.63) is 30.1 Å². The van der Waals surface area contributed by atoms with Crippen LogP contribution in [0.2, 0.25) is 0 Å². The van der Waals surface area contributed by atoms with Gasteiger partial charge in [0.1, 0.15) is 5.75 Å². The van der Waals surface area contributed by atoms with E-state index in [2.05, 4.69) is 4.98 Å². The van der Waals surface area contributed by atoms with Gasteiger partial charge in [-0.3, -0.25) is 9.20 Å². The van der Waals surface area contributed by atoms with Crippen LogP contribution in [0.25, 0.3) is 15.2 Å². The summed E-state index contributed by atoms with van der Waals surface area (Å²) in [6, 6.07) is 5.87. The second-order valence-corrected chi connectivity index (χ2v) is 5.22. The van der Waals surface area contributed by atoms with Crippen molar-refractivity contribution >= 4 is 32.5 Å². The quantitative estimate of drug-likeness (QED) is 0.795. The number of methoxy groups -OCH3 is 1. The molecule has 1 N–H and O–H groups in total. The zero-order chi connectivity index (χ0) is 13.4. The Morgan fingerprint density at radius 2 is 2.37 bits per heavy atom. The molecule has 2 heterocycles. The minimum absolute atomic E-state index is 0.108. The van der Waals surface area contributed by atoms with Crippen LogP contribution in [0.15, 0.2) is 24.4 Å². The van der Waals surface area contributed by atoms with Crippen LogP contribution in [0.1, 0.15) is 12.1 Å². The molecule has 0 radical (unpaired) electrons. The van der Waals surface area contributed by atoms with Gasteiger partial charge in [-0.1, -0.05) is 11.3 Å². The van der Waals surface area contributed by atoms with Gasteiger partial charge >= 0.3 is 5.97 Å². The predicted molar refractivity (Wildman–Crippen MR) is 73.1 cm³/mol. The van der Waals surface area contributed by atoms with Crippen LogP contribution in [0.3, 0.4) is 0 Å². The van der Waals surface area contributed by atoms with Gasteiger partial charge in [-0.05, 0) is 18.2 Å². The van der Waals surface area contributed by atoms with E-state index in [1.807, 2.05) is 28.8 Å². The van der Waals surface area contributed by atoms with E-state index >= 15 is 0 Å². The number of ether oxygens (including phenoxy) is 1. The summed E-state index contributed by atoms with van der Waals surface area (Å²) >= 11 is 1.57. The number of benzene rings is 1. The monoisotopic (exact) mass is 276 g/mol. The topological polar surface area (TPSA) is 63.8 Å². The number of aromatic nitrogens is 2. The molecule has 3 aromatic rings. The minimum atomic E-state index is -0.800. The number of nitrogens with zero attached hydrogens (tertiary/aromatic N) is 2. The molecule has 3 rings (SSSR count). The summed E-state index contributed by atoms with van der Waals surface area (Å²) in [6.45, 7) is 0. The van der Waals surface area contributed by atoms with Crippen molar-refractivity contribution in [3.63, 3.8) is 0 Å². The molecular weight excluding hydrogens is 264 g/mol. The maximum atomic E-state index is 10.6. The lowest BCUT2D eigenvalue weighted by Crippen LogP contribution is -1.97. The standard InChI is InChI=1S/C13H12N2O3S/c1-18-9-3-4-10-11(6-9)19-13-14-8(7-15(10)13)2-5-12(16)17/h3-4,6-7H,2,5H2,1H3,(H,16,17). The average Bonchev–Trinajstić information content (AvgIpc) is 2.92. The first-order valence-corrected chi connectivity index (χ1v) is 6.65. The number of fused-ring (bicyclic) bond motifs is 3. The van der Waals surface area contributed by atoms with Gasteiger partial charge in [0.2, 0.25) is 0 Å². The summed E-state index contributed by atoms with van der Waals surface area (Å²) < 4.78 is 8.30. The molecular formula is C13H12N2O3S. The molecule has 0 saturated heterocycles. The fraction of sp³-hybridized carbons (Fsp3) is 0.231. The van der Waals surface area contributed by atoms with Crippen molar-refractivity contribution in [1.29, 1.82) is 0 Å². The maximum absolute atomic E-state index is 10.6. The highest BCUT2D eigenvalue weighted by molar-refractivity contribution is 7.23. The molecule has 0 bridgehead atoms. The van der Waals surface area contributed by atoms with Crippen LogP contribution in [0.5, 0.6) is 5.75 Å². The molecule has 0 atom stereocenters. The van der Waals surface area contributed by atoms with Crippen LogP contribution >= 0.6 is 11.3 Å². The molecule has 1 aromatic carbocycles. The molecule has 5 nitrogen and oxygen atoms in total. The Balaban J connectivity index is 2.02. The lowest BCUT2D eigenvalue weighted by molar-refractivity contribution is -0.136. The molecule has 19 heavy (non-hydrogen) atoms. The van der Waals surface area contributed by atoms with Crippen LogP contribution in [-0.2, 0) is 11.2 Å². The molecule has 0 aliphatic rings. The van der Waals surface area contributed by atoms with E-state index < -0.39 is 5.97 Å². The number of thiazole rings is 1. The number of carbonyl (C=O) groups is 1. The SMILES string of the molecule is COc1ccc2c(c1)sc1nc(CCC(=O)O)cn12. The van der Waals surface area contributed by atoms with E-state index in [0.29, 0.717) is 6.42 Å². The van der Waals surface area contributed by atoms with Crippen molar-refractivity contribution < 1.29 is 14.6 Å². The Kier molecular flexibility index (Phi) is 2.87. The fourth-order valence-electron chi connectivity index (χ4n) is 2.01. The van der Waals surface area contributed by atoms with E-state index in [1.54, 1.807) is 18.4 Å². The first kappa shape index (κ1) is 12.0. The molecule has 6 heteroatoms. The highest BCUT2D eigenvalue weighted by atomic mass is 32.1. The zero-order valence-electron chi connectivity index (χ0n) is 10.3. The van der Waals surface area contributed by atoms with Gasteiger partial charge in [0.15, 0.2) is 4.96 Å². The highest BCUT2D eigenvalue weighted by Crippen LogP contribution is 2.29. The van der Waals surface area contributed by atoms with Crippen molar-refractivity contribution in [2.24, 2.45) is 0 Å². The lowest BCUT2D eigenvalue weighted by Gasteiger charge is -1.98. The normalized spacial score (nSPS) is 11.2. The molecule has 0 fully saturated rings. The molecule has 0 aliphatic carbocycles. The van der Waals surface area contributed by atoms with E-state index in [-0.39, 0.29) is 6.42 Å². The van der Waals surface area contributed by atoms with Crippen molar-refractivity contribution in [1.82, 2.24) is 9.38 Å². The summed E-state index contributed by atoms with van der Waals surface area (Å²) in [4.78, 5) is 15.9. The third-order valence-corrected chi connectivity index (χ3v) is 3.96. The average molecular weight is 276 g/mol. The lowest BCUT2D eigenvalue weighted by atomic mass is 10.2. The molecule has 0 spiro atoms. The first-order chi connectivity index (χ1) is 9.17. The Morgan fingerprint density at radius 1 is 1.53 bits per heavy atom. The van der Waals surface area contributed by atoms with Gasteiger partial charge in [0, 0.05) is 12.6 Å². The van der Waals surface area contributed by atoms with Gasteiger partial charge in [0.05, 0.1) is 29.4 Å². The molecule has 0 amide bonds. The summed E-state index contributed by atoms with van der Waals surface area (Å²) in [5, 5.41) is 8.68. The van der Waals surface area contributed by atoms with Gasteiger partial charge < -0.3 is 9.84 Å². The second kappa shape index (κ2) is 4.55. The van der Waals surface area contributed by atoms with E-state index in [1.165, 1.54) is 0 Å². The Bertz CT molecular complexity index is 760. The Hall–Kier alpha value is -2.08. The van der Waals surface area contributed by atoms with Crippen LogP contribution in [-0.4, -0.2) is 27.6 Å². The maximum Gasteiger partial charge on any atom is 0.303 e. The first-order valence-electron chi connectivity index (χ1n) is 5.83. The summed E-state index contributed by atoms with van der Waals surface area (Å²) in [5.74, 6) is 0.0223. The summed E-state index contributed by atoms with van der Waals surface area (Å²) in [7, 11) is 1.64. The number of imidazole rings is 1. The third kappa shape index (κ3) is 2.15. The smallest absolute Gasteiger partial charge is 0.303 e. The van der Waals surface area contributed by atoms with Crippen molar-refractivity contribution in [2.75, 3.05) is 7.11 Å².